The van der Waals surface area contributed by atoms with E-state index >= 15 is 0 Å². The van der Waals surface area contributed by atoms with Gasteiger partial charge >= 0.3 is 0 Å². The summed E-state index contributed by atoms with van der Waals surface area (Å²) in [7, 11) is 1.76. The summed E-state index contributed by atoms with van der Waals surface area (Å²) in [5, 5.41) is 35.2. The van der Waals surface area contributed by atoms with Crippen LogP contribution in [0.25, 0.3) is 5.65 Å². The van der Waals surface area contributed by atoms with E-state index in [9.17, 15) is 15.0 Å². The number of allylic oxidation sites excluding steroid dienone is 2. The van der Waals surface area contributed by atoms with E-state index in [1.165, 1.54) is 6.20 Å². The molecule has 2 aromatic heterocycles. The molecule has 11 heteroatoms. The van der Waals surface area contributed by atoms with E-state index in [0.717, 1.165) is 25.7 Å². The first-order valence-corrected chi connectivity index (χ1v) is 12.2. The minimum absolute atomic E-state index is 0.196. The van der Waals surface area contributed by atoms with Crippen LogP contribution in [0.1, 0.15) is 49.4 Å². The third-order valence-electron chi connectivity index (χ3n) is 7.18. The van der Waals surface area contributed by atoms with Crippen LogP contribution in [-0.4, -0.2) is 79.8 Å². The number of aliphatic hydroxyl groups is 2. The number of fused-ring (bicyclic) bond motifs is 1. The molecule has 4 heterocycles. The molecule has 0 aromatic carbocycles. The van der Waals surface area contributed by atoms with E-state index in [4.69, 9.17) is 4.74 Å². The fraction of sp³-hybridized carbons (Fsp3) is 0.542. The SMILES string of the molecule is CNc1cc(NC2=CC=CN(C3CCOCC3)C2O)nc2c(C(=O)NC3CCC[C@]3(C)O)cnn12. The summed E-state index contributed by atoms with van der Waals surface area (Å²) in [5.41, 5.74) is 0.347. The number of hydrogen-bond acceptors (Lipinski definition) is 9. The topological polar surface area (TPSA) is 136 Å². The lowest BCUT2D eigenvalue weighted by atomic mass is 10.0. The molecule has 1 saturated heterocycles. The highest BCUT2D eigenvalue weighted by Gasteiger charge is 2.38. The first-order valence-electron chi connectivity index (χ1n) is 12.2. The number of aromatic nitrogens is 3. The van der Waals surface area contributed by atoms with Crippen molar-refractivity contribution in [1.29, 1.82) is 0 Å². The standard InChI is InChI=1S/C24H33N7O4/c1-24(34)9-3-6-18(24)28-22(32)16-14-26-31-20(25-2)13-19(29-21(16)31)27-17-5-4-10-30(23(17)33)15-7-11-35-12-8-15/h4-5,10,13-15,18,23,25,33-34H,3,6-9,11-12H2,1-2H3,(H,27,29)(H,28,32)/t18?,23?,24-/m0/s1. The number of nitrogens with zero attached hydrogens (tertiary/aromatic N) is 4. The Morgan fingerprint density at radius 1 is 1.29 bits per heavy atom. The number of carbonyl (C=O) groups is 1. The summed E-state index contributed by atoms with van der Waals surface area (Å²) in [6.07, 6.45) is 10.2. The van der Waals surface area contributed by atoms with Crippen LogP contribution in [0, 0.1) is 0 Å². The molecule has 2 aliphatic heterocycles. The molecule has 11 nitrogen and oxygen atoms in total. The van der Waals surface area contributed by atoms with Gasteiger partial charge in [0.05, 0.1) is 23.5 Å². The van der Waals surface area contributed by atoms with E-state index < -0.39 is 11.8 Å². The molecular formula is C24H33N7O4. The molecule has 1 saturated carbocycles. The normalized spacial score (nSPS) is 27.2. The highest BCUT2D eigenvalue weighted by Crippen LogP contribution is 2.30. The third-order valence-corrected chi connectivity index (χ3v) is 7.18. The van der Waals surface area contributed by atoms with Crippen molar-refractivity contribution < 1.29 is 19.7 Å². The molecular weight excluding hydrogens is 450 g/mol. The van der Waals surface area contributed by atoms with Crippen LogP contribution in [0.15, 0.2) is 36.3 Å². The lowest BCUT2D eigenvalue weighted by Crippen LogP contribution is -2.47. The molecule has 0 spiro atoms. The van der Waals surface area contributed by atoms with Gasteiger partial charge in [0.2, 0.25) is 0 Å². The molecule has 1 amide bonds. The molecule has 5 rings (SSSR count). The fourth-order valence-corrected chi connectivity index (χ4v) is 5.11. The predicted molar refractivity (Wildman–Crippen MR) is 131 cm³/mol. The summed E-state index contributed by atoms with van der Waals surface area (Å²) < 4.78 is 7.02. The van der Waals surface area contributed by atoms with Gasteiger partial charge in [0.1, 0.15) is 17.2 Å². The van der Waals surface area contributed by atoms with E-state index in [-0.39, 0.29) is 18.0 Å². The van der Waals surface area contributed by atoms with Gasteiger partial charge in [-0.3, -0.25) is 4.79 Å². The van der Waals surface area contributed by atoms with Crippen LogP contribution in [0.2, 0.25) is 0 Å². The molecule has 3 atom stereocenters. The van der Waals surface area contributed by atoms with Crippen molar-refractivity contribution >= 4 is 23.2 Å². The molecule has 1 aliphatic carbocycles. The van der Waals surface area contributed by atoms with Crippen molar-refractivity contribution in [3.8, 4) is 0 Å². The van der Waals surface area contributed by atoms with Gasteiger partial charge in [-0.05, 0) is 51.2 Å². The van der Waals surface area contributed by atoms with Crippen LogP contribution in [0.5, 0.6) is 0 Å². The van der Waals surface area contributed by atoms with Crippen LogP contribution in [-0.2, 0) is 4.74 Å². The zero-order chi connectivity index (χ0) is 24.6. The van der Waals surface area contributed by atoms with Gasteiger partial charge in [0.15, 0.2) is 11.9 Å². The molecule has 35 heavy (non-hydrogen) atoms. The number of amides is 1. The summed E-state index contributed by atoms with van der Waals surface area (Å²) in [5.74, 6) is 0.772. The molecule has 2 unspecified atom stereocenters. The van der Waals surface area contributed by atoms with Gasteiger partial charge in [-0.1, -0.05) is 0 Å². The predicted octanol–water partition coefficient (Wildman–Crippen LogP) is 1.43. The number of anilines is 2. The highest BCUT2D eigenvalue weighted by molar-refractivity contribution is 6.00. The van der Waals surface area contributed by atoms with Crippen LogP contribution in [0.3, 0.4) is 0 Å². The zero-order valence-corrected chi connectivity index (χ0v) is 20.1. The van der Waals surface area contributed by atoms with Crippen LogP contribution >= 0.6 is 0 Å². The quantitative estimate of drug-likeness (QED) is 0.413. The molecule has 0 radical (unpaired) electrons. The Balaban J connectivity index is 1.39. The number of hydrogen-bond donors (Lipinski definition) is 5. The van der Waals surface area contributed by atoms with Crippen LogP contribution in [0.4, 0.5) is 11.6 Å². The Morgan fingerprint density at radius 2 is 2.09 bits per heavy atom. The number of carbonyl (C=O) groups excluding carboxylic acids is 1. The number of rotatable bonds is 6. The van der Waals surface area contributed by atoms with Gasteiger partial charge in [0.25, 0.3) is 5.91 Å². The summed E-state index contributed by atoms with van der Waals surface area (Å²) in [6.45, 7) is 3.11. The lowest BCUT2D eigenvalue weighted by Gasteiger charge is -2.39. The second-order valence-corrected chi connectivity index (χ2v) is 9.60. The Labute approximate surface area is 203 Å². The molecule has 5 N–H and O–H groups in total. The van der Waals surface area contributed by atoms with Crippen molar-refractivity contribution in [3.05, 3.63) is 41.9 Å². The largest absolute Gasteiger partial charge is 0.388 e. The van der Waals surface area contributed by atoms with Crippen molar-refractivity contribution in [2.75, 3.05) is 30.9 Å². The van der Waals surface area contributed by atoms with E-state index in [1.54, 1.807) is 24.6 Å². The second-order valence-electron chi connectivity index (χ2n) is 9.60. The number of ether oxygens (including phenoxy) is 1. The average Bonchev–Trinajstić information content (AvgIpc) is 3.43. The third kappa shape index (κ3) is 4.58. The second kappa shape index (κ2) is 9.48. The summed E-state index contributed by atoms with van der Waals surface area (Å²) in [6, 6.07) is 1.65. The van der Waals surface area contributed by atoms with Crippen molar-refractivity contribution in [1.82, 2.24) is 24.8 Å². The molecule has 2 aromatic rings. The van der Waals surface area contributed by atoms with Crippen molar-refractivity contribution in [2.45, 2.75) is 62.9 Å². The molecule has 0 bridgehead atoms. The molecule has 3 aliphatic rings. The molecule has 2 fully saturated rings. The van der Waals surface area contributed by atoms with Gasteiger partial charge in [-0.2, -0.15) is 9.61 Å². The van der Waals surface area contributed by atoms with Gasteiger partial charge in [-0.15, -0.1) is 0 Å². The average molecular weight is 484 g/mol. The van der Waals surface area contributed by atoms with Crippen molar-refractivity contribution in [2.24, 2.45) is 0 Å². The molecule has 188 valence electrons. The maximum atomic E-state index is 13.1. The first-order chi connectivity index (χ1) is 16.9. The lowest BCUT2D eigenvalue weighted by molar-refractivity contribution is -0.0123. The highest BCUT2D eigenvalue weighted by atomic mass is 16.5. The Hall–Kier alpha value is -3.15. The summed E-state index contributed by atoms with van der Waals surface area (Å²) >= 11 is 0. The van der Waals surface area contributed by atoms with E-state index in [2.05, 4.69) is 26.0 Å². The fourth-order valence-electron chi connectivity index (χ4n) is 5.11. The monoisotopic (exact) mass is 483 g/mol. The maximum Gasteiger partial charge on any atom is 0.257 e. The Morgan fingerprint density at radius 3 is 2.80 bits per heavy atom. The Kier molecular flexibility index (Phi) is 6.39. The number of nitrogens with one attached hydrogen (secondary N) is 3. The summed E-state index contributed by atoms with van der Waals surface area (Å²) in [4.78, 5) is 19.7. The Bertz CT molecular complexity index is 1150. The van der Waals surface area contributed by atoms with E-state index in [1.807, 2.05) is 23.3 Å². The van der Waals surface area contributed by atoms with Crippen molar-refractivity contribution in [3.63, 3.8) is 0 Å². The van der Waals surface area contributed by atoms with Gasteiger partial charge in [-0.25, -0.2) is 4.98 Å². The maximum absolute atomic E-state index is 13.1. The minimum atomic E-state index is -0.928. The van der Waals surface area contributed by atoms with Gasteiger partial charge in [0, 0.05) is 38.6 Å². The first kappa shape index (κ1) is 23.6. The minimum Gasteiger partial charge on any atom is -0.388 e. The number of aliphatic hydroxyl groups excluding tert-OH is 1. The zero-order valence-electron chi connectivity index (χ0n) is 20.1. The smallest absolute Gasteiger partial charge is 0.257 e. The van der Waals surface area contributed by atoms with Gasteiger partial charge < -0.3 is 35.8 Å². The van der Waals surface area contributed by atoms with Crippen LogP contribution < -0.4 is 16.0 Å². The van der Waals surface area contributed by atoms with E-state index in [0.29, 0.717) is 48.2 Å².